The Morgan fingerprint density at radius 3 is 3.00 bits per heavy atom. The summed E-state index contributed by atoms with van der Waals surface area (Å²) in [5.74, 6) is 1.29. The van der Waals surface area contributed by atoms with Crippen molar-refractivity contribution in [2.75, 3.05) is 12.8 Å². The lowest BCUT2D eigenvalue weighted by molar-refractivity contribution is 0.407. The van der Waals surface area contributed by atoms with Crippen LogP contribution in [0.4, 0.5) is 5.95 Å². The monoisotopic (exact) mass is 204 g/mol. The first kappa shape index (κ1) is 9.51. The maximum atomic E-state index is 5.67. The number of hydrogen-bond acceptors (Lipinski definition) is 4. The molecule has 15 heavy (non-hydrogen) atoms. The van der Waals surface area contributed by atoms with Gasteiger partial charge in [-0.25, -0.2) is 4.98 Å². The van der Waals surface area contributed by atoms with Gasteiger partial charge in [0.05, 0.1) is 13.7 Å². The van der Waals surface area contributed by atoms with E-state index in [-0.39, 0.29) is 0 Å². The van der Waals surface area contributed by atoms with Crippen LogP contribution in [0.25, 0.3) is 0 Å². The Balaban J connectivity index is 2.28. The molecule has 0 atom stereocenters. The van der Waals surface area contributed by atoms with Gasteiger partial charge in [-0.3, -0.25) is 4.98 Å². The highest BCUT2D eigenvalue weighted by molar-refractivity contribution is 5.31. The van der Waals surface area contributed by atoms with E-state index in [9.17, 15) is 0 Å². The summed E-state index contributed by atoms with van der Waals surface area (Å²) >= 11 is 0. The van der Waals surface area contributed by atoms with Gasteiger partial charge in [-0.2, -0.15) is 0 Å². The highest BCUT2D eigenvalue weighted by Crippen LogP contribution is 2.17. The lowest BCUT2D eigenvalue weighted by atomic mass is 10.2. The molecular weight excluding hydrogens is 192 g/mol. The molecular formula is C10H12N4O. The minimum atomic E-state index is 0.487. The second-order valence-corrected chi connectivity index (χ2v) is 3.10. The Labute approximate surface area is 87.5 Å². The van der Waals surface area contributed by atoms with E-state index in [4.69, 9.17) is 10.5 Å². The summed E-state index contributed by atoms with van der Waals surface area (Å²) in [6.07, 6.45) is 6.94. The Bertz CT molecular complexity index is 452. The molecule has 0 unspecified atom stereocenters. The molecule has 78 valence electrons. The maximum Gasteiger partial charge on any atom is 0.200 e. The van der Waals surface area contributed by atoms with Gasteiger partial charge >= 0.3 is 0 Å². The fraction of sp³-hybridized carbons (Fsp3) is 0.200. The largest absolute Gasteiger partial charge is 0.496 e. The van der Waals surface area contributed by atoms with Crippen molar-refractivity contribution in [3.63, 3.8) is 0 Å². The van der Waals surface area contributed by atoms with Crippen molar-refractivity contribution in [3.8, 4) is 5.75 Å². The number of nitrogens with two attached hydrogens (primary N) is 1. The SMILES string of the molecule is COc1ccncc1Cn1ccnc1N. The molecule has 0 aliphatic carbocycles. The van der Waals surface area contributed by atoms with Gasteiger partial charge in [-0.1, -0.05) is 0 Å². The van der Waals surface area contributed by atoms with Crippen LogP contribution in [-0.4, -0.2) is 21.6 Å². The van der Waals surface area contributed by atoms with Gasteiger partial charge in [0.1, 0.15) is 5.75 Å². The Hall–Kier alpha value is -2.04. The van der Waals surface area contributed by atoms with Gasteiger partial charge in [0, 0.05) is 30.4 Å². The third-order valence-corrected chi connectivity index (χ3v) is 2.17. The highest BCUT2D eigenvalue weighted by atomic mass is 16.5. The summed E-state index contributed by atoms with van der Waals surface area (Å²) in [5.41, 5.74) is 6.65. The number of hydrogen-bond donors (Lipinski definition) is 1. The van der Waals surface area contributed by atoms with Gasteiger partial charge < -0.3 is 15.0 Å². The van der Waals surface area contributed by atoms with Crippen LogP contribution < -0.4 is 10.5 Å². The molecule has 2 rings (SSSR count). The normalized spacial score (nSPS) is 10.2. The van der Waals surface area contributed by atoms with Crippen molar-refractivity contribution in [3.05, 3.63) is 36.4 Å². The first-order chi connectivity index (χ1) is 7.31. The Morgan fingerprint density at radius 2 is 2.33 bits per heavy atom. The van der Waals surface area contributed by atoms with Gasteiger partial charge in [0.2, 0.25) is 0 Å². The van der Waals surface area contributed by atoms with Gasteiger partial charge in [0.15, 0.2) is 5.95 Å². The van der Waals surface area contributed by atoms with Crippen molar-refractivity contribution >= 4 is 5.95 Å². The number of nitrogens with zero attached hydrogens (tertiary/aromatic N) is 3. The zero-order valence-electron chi connectivity index (χ0n) is 8.42. The predicted molar refractivity (Wildman–Crippen MR) is 56.5 cm³/mol. The van der Waals surface area contributed by atoms with E-state index in [0.29, 0.717) is 12.5 Å². The minimum absolute atomic E-state index is 0.487. The Morgan fingerprint density at radius 1 is 1.47 bits per heavy atom. The van der Waals surface area contributed by atoms with E-state index in [2.05, 4.69) is 9.97 Å². The van der Waals surface area contributed by atoms with E-state index in [1.807, 2.05) is 16.8 Å². The molecule has 0 aliphatic heterocycles. The average Bonchev–Trinajstić information content (AvgIpc) is 2.65. The van der Waals surface area contributed by atoms with E-state index in [1.54, 1.807) is 25.7 Å². The fourth-order valence-electron chi connectivity index (χ4n) is 1.39. The summed E-state index contributed by atoms with van der Waals surface area (Å²) in [4.78, 5) is 8.00. The summed E-state index contributed by atoms with van der Waals surface area (Å²) in [5, 5.41) is 0. The second kappa shape index (κ2) is 4.00. The third-order valence-electron chi connectivity index (χ3n) is 2.17. The first-order valence-electron chi connectivity index (χ1n) is 4.54. The maximum absolute atomic E-state index is 5.67. The van der Waals surface area contributed by atoms with E-state index < -0.39 is 0 Å². The minimum Gasteiger partial charge on any atom is -0.496 e. The van der Waals surface area contributed by atoms with Crippen LogP contribution in [-0.2, 0) is 6.54 Å². The van der Waals surface area contributed by atoms with Crippen LogP contribution in [0, 0.1) is 0 Å². The number of anilines is 1. The molecule has 0 saturated carbocycles. The molecule has 0 radical (unpaired) electrons. The molecule has 0 amide bonds. The van der Waals surface area contributed by atoms with E-state index in [0.717, 1.165) is 11.3 Å². The van der Waals surface area contributed by atoms with Crippen LogP contribution >= 0.6 is 0 Å². The number of imidazole rings is 1. The molecule has 0 fully saturated rings. The van der Waals surface area contributed by atoms with Gasteiger partial charge in [-0.15, -0.1) is 0 Å². The summed E-state index contributed by atoms with van der Waals surface area (Å²) in [7, 11) is 1.64. The first-order valence-corrected chi connectivity index (χ1v) is 4.54. The number of aromatic nitrogens is 3. The van der Waals surface area contributed by atoms with Crippen LogP contribution in [0.3, 0.4) is 0 Å². The van der Waals surface area contributed by atoms with Crippen molar-refractivity contribution in [1.82, 2.24) is 14.5 Å². The van der Waals surface area contributed by atoms with Crippen molar-refractivity contribution in [1.29, 1.82) is 0 Å². The van der Waals surface area contributed by atoms with Crippen molar-refractivity contribution in [2.45, 2.75) is 6.54 Å². The predicted octanol–water partition coefficient (Wildman–Crippen LogP) is 0.917. The molecule has 2 aromatic rings. The summed E-state index contributed by atoms with van der Waals surface area (Å²) < 4.78 is 7.05. The molecule has 0 aliphatic rings. The molecule has 2 heterocycles. The molecule has 0 aromatic carbocycles. The summed E-state index contributed by atoms with van der Waals surface area (Å²) in [6.45, 7) is 0.614. The number of methoxy groups -OCH3 is 1. The molecule has 0 saturated heterocycles. The number of rotatable bonds is 3. The topological polar surface area (TPSA) is 66.0 Å². The second-order valence-electron chi connectivity index (χ2n) is 3.10. The van der Waals surface area contributed by atoms with E-state index in [1.165, 1.54) is 0 Å². The molecule has 2 aromatic heterocycles. The van der Waals surface area contributed by atoms with Crippen LogP contribution in [0.2, 0.25) is 0 Å². The quantitative estimate of drug-likeness (QED) is 0.807. The number of pyridine rings is 1. The fourth-order valence-corrected chi connectivity index (χ4v) is 1.39. The third kappa shape index (κ3) is 1.90. The number of nitrogen functional groups attached to an aromatic ring is 1. The average molecular weight is 204 g/mol. The van der Waals surface area contributed by atoms with Crippen LogP contribution in [0.5, 0.6) is 5.75 Å². The molecule has 2 N–H and O–H groups in total. The van der Waals surface area contributed by atoms with Crippen LogP contribution in [0.1, 0.15) is 5.56 Å². The van der Waals surface area contributed by atoms with Gasteiger partial charge in [0.25, 0.3) is 0 Å². The Kier molecular flexibility index (Phi) is 2.53. The van der Waals surface area contributed by atoms with Crippen molar-refractivity contribution in [2.24, 2.45) is 0 Å². The van der Waals surface area contributed by atoms with Crippen LogP contribution in [0.15, 0.2) is 30.9 Å². The summed E-state index contributed by atoms with van der Waals surface area (Å²) in [6, 6.07) is 1.82. The standard InChI is InChI=1S/C10H12N4O/c1-15-9-2-3-12-6-8(9)7-14-5-4-13-10(14)11/h2-6H,7H2,1H3,(H2,11,13). The van der Waals surface area contributed by atoms with E-state index >= 15 is 0 Å². The smallest absolute Gasteiger partial charge is 0.200 e. The molecule has 0 spiro atoms. The molecule has 0 bridgehead atoms. The lowest BCUT2D eigenvalue weighted by Gasteiger charge is -2.08. The molecule has 5 heteroatoms. The zero-order valence-corrected chi connectivity index (χ0v) is 8.42. The molecule has 5 nitrogen and oxygen atoms in total. The van der Waals surface area contributed by atoms with Crippen molar-refractivity contribution < 1.29 is 4.74 Å². The van der Waals surface area contributed by atoms with Gasteiger partial charge in [-0.05, 0) is 6.07 Å². The number of ether oxygens (including phenoxy) is 1. The zero-order chi connectivity index (χ0) is 10.7. The highest BCUT2D eigenvalue weighted by Gasteiger charge is 2.04. The lowest BCUT2D eigenvalue weighted by Crippen LogP contribution is -2.05.